The van der Waals surface area contributed by atoms with Gasteiger partial charge < -0.3 is 9.32 Å². The van der Waals surface area contributed by atoms with Crippen LogP contribution in [0.3, 0.4) is 0 Å². The Morgan fingerprint density at radius 1 is 1.38 bits per heavy atom. The lowest BCUT2D eigenvalue weighted by atomic mass is 10.2. The fourth-order valence-corrected chi connectivity index (χ4v) is 3.27. The van der Waals surface area contributed by atoms with E-state index in [0.717, 1.165) is 44.3 Å². The van der Waals surface area contributed by atoms with Crippen LogP contribution in [0.4, 0.5) is 0 Å². The molecule has 2 aromatic rings. The van der Waals surface area contributed by atoms with E-state index in [1.807, 2.05) is 24.1 Å². The van der Waals surface area contributed by atoms with Crippen molar-refractivity contribution in [3.63, 3.8) is 0 Å². The SMILES string of the molecule is CC(C)c1cnc(CN(C)C2CCN(CCc3cnn(C)c3)C2)o1. The van der Waals surface area contributed by atoms with E-state index in [1.165, 1.54) is 12.0 Å². The highest BCUT2D eigenvalue weighted by Gasteiger charge is 2.26. The molecule has 1 unspecified atom stereocenters. The van der Waals surface area contributed by atoms with Crippen LogP contribution in [0.1, 0.15) is 43.4 Å². The molecule has 2 aromatic heterocycles. The molecule has 1 atom stereocenters. The van der Waals surface area contributed by atoms with Crippen LogP contribution in [0.5, 0.6) is 0 Å². The summed E-state index contributed by atoms with van der Waals surface area (Å²) in [5, 5.41) is 4.24. The average Bonchev–Trinajstić information content (AvgIpc) is 3.25. The Labute approximate surface area is 144 Å². The van der Waals surface area contributed by atoms with Crippen LogP contribution in [0.25, 0.3) is 0 Å². The van der Waals surface area contributed by atoms with Crippen molar-refractivity contribution in [1.29, 1.82) is 0 Å². The maximum atomic E-state index is 5.83. The van der Waals surface area contributed by atoms with Gasteiger partial charge in [0.05, 0.1) is 18.9 Å². The lowest BCUT2D eigenvalue weighted by Gasteiger charge is -2.23. The zero-order chi connectivity index (χ0) is 17.1. The van der Waals surface area contributed by atoms with E-state index in [4.69, 9.17) is 4.42 Å². The third-order valence-corrected chi connectivity index (χ3v) is 4.87. The van der Waals surface area contributed by atoms with Crippen LogP contribution in [0.2, 0.25) is 0 Å². The number of hydrogen-bond acceptors (Lipinski definition) is 5. The Kier molecular flexibility index (Phi) is 5.36. The molecule has 0 radical (unpaired) electrons. The van der Waals surface area contributed by atoms with Crippen LogP contribution in [-0.2, 0) is 20.0 Å². The largest absolute Gasteiger partial charge is 0.444 e. The molecule has 3 heterocycles. The monoisotopic (exact) mass is 331 g/mol. The van der Waals surface area contributed by atoms with Crippen LogP contribution in [-0.4, -0.2) is 57.3 Å². The van der Waals surface area contributed by atoms with Gasteiger partial charge >= 0.3 is 0 Å². The Morgan fingerprint density at radius 2 is 2.21 bits per heavy atom. The number of likely N-dealkylation sites (tertiary alicyclic amines) is 1. The summed E-state index contributed by atoms with van der Waals surface area (Å²) in [6, 6.07) is 0.577. The summed E-state index contributed by atoms with van der Waals surface area (Å²) in [6.45, 7) is 8.43. The molecule has 3 rings (SSSR count). The van der Waals surface area contributed by atoms with Crippen molar-refractivity contribution in [3.05, 3.63) is 35.8 Å². The molecule has 0 saturated carbocycles. The fourth-order valence-electron chi connectivity index (χ4n) is 3.27. The molecule has 1 saturated heterocycles. The summed E-state index contributed by atoms with van der Waals surface area (Å²) in [6.07, 6.45) is 8.22. The molecule has 0 aromatic carbocycles. The molecule has 1 aliphatic rings. The first-order valence-corrected chi connectivity index (χ1v) is 8.86. The van der Waals surface area contributed by atoms with Crippen molar-refractivity contribution in [3.8, 4) is 0 Å². The second kappa shape index (κ2) is 7.49. The molecule has 0 amide bonds. The van der Waals surface area contributed by atoms with Gasteiger partial charge in [-0.3, -0.25) is 9.58 Å². The highest BCUT2D eigenvalue weighted by molar-refractivity contribution is 5.04. The number of aryl methyl sites for hydroxylation is 1. The average molecular weight is 331 g/mol. The summed E-state index contributed by atoms with van der Waals surface area (Å²) in [4.78, 5) is 9.33. The van der Waals surface area contributed by atoms with Gasteiger partial charge in [0, 0.05) is 38.3 Å². The van der Waals surface area contributed by atoms with Crippen LogP contribution >= 0.6 is 0 Å². The summed E-state index contributed by atoms with van der Waals surface area (Å²) in [5.74, 6) is 2.20. The van der Waals surface area contributed by atoms with Crippen LogP contribution < -0.4 is 0 Å². The molecule has 24 heavy (non-hydrogen) atoms. The normalized spacial score (nSPS) is 19.0. The molecule has 0 spiro atoms. The number of aromatic nitrogens is 3. The van der Waals surface area contributed by atoms with E-state index in [9.17, 15) is 0 Å². The minimum Gasteiger partial charge on any atom is -0.444 e. The van der Waals surface area contributed by atoms with Crippen molar-refractivity contribution in [1.82, 2.24) is 24.6 Å². The lowest BCUT2D eigenvalue weighted by Crippen LogP contribution is -2.34. The molecule has 1 fully saturated rings. The molecular formula is C18H29N5O. The van der Waals surface area contributed by atoms with Crippen molar-refractivity contribution >= 4 is 0 Å². The smallest absolute Gasteiger partial charge is 0.208 e. The summed E-state index contributed by atoms with van der Waals surface area (Å²) >= 11 is 0. The first kappa shape index (κ1) is 17.2. The first-order chi connectivity index (χ1) is 11.5. The van der Waals surface area contributed by atoms with E-state index < -0.39 is 0 Å². The van der Waals surface area contributed by atoms with Crippen molar-refractivity contribution < 1.29 is 4.42 Å². The molecule has 0 bridgehead atoms. The number of likely N-dealkylation sites (N-methyl/N-ethyl adjacent to an activating group) is 1. The molecular weight excluding hydrogens is 302 g/mol. The molecule has 0 N–H and O–H groups in total. The Morgan fingerprint density at radius 3 is 2.88 bits per heavy atom. The highest BCUT2D eigenvalue weighted by Crippen LogP contribution is 2.19. The quantitative estimate of drug-likeness (QED) is 0.779. The van der Waals surface area contributed by atoms with Gasteiger partial charge in [0.2, 0.25) is 5.89 Å². The highest BCUT2D eigenvalue weighted by atomic mass is 16.4. The number of rotatable bonds is 7. The van der Waals surface area contributed by atoms with Gasteiger partial charge in [-0.2, -0.15) is 5.10 Å². The third-order valence-electron chi connectivity index (χ3n) is 4.87. The Bertz CT molecular complexity index is 647. The van der Waals surface area contributed by atoms with E-state index in [1.54, 1.807) is 0 Å². The number of oxazole rings is 1. The van der Waals surface area contributed by atoms with Crippen LogP contribution in [0.15, 0.2) is 23.0 Å². The fraction of sp³-hybridized carbons (Fsp3) is 0.667. The minimum absolute atomic E-state index is 0.394. The lowest BCUT2D eigenvalue weighted by molar-refractivity contribution is 0.205. The third kappa shape index (κ3) is 4.24. The van der Waals surface area contributed by atoms with Crippen molar-refractivity contribution in [2.75, 3.05) is 26.7 Å². The molecule has 6 nitrogen and oxygen atoms in total. The second-order valence-corrected chi connectivity index (χ2v) is 7.24. The van der Waals surface area contributed by atoms with Gasteiger partial charge in [-0.15, -0.1) is 0 Å². The second-order valence-electron chi connectivity index (χ2n) is 7.24. The van der Waals surface area contributed by atoms with Gasteiger partial charge in [-0.05, 0) is 32.0 Å². The maximum Gasteiger partial charge on any atom is 0.208 e. The van der Waals surface area contributed by atoms with Gasteiger partial charge in [0.25, 0.3) is 0 Å². The summed E-state index contributed by atoms with van der Waals surface area (Å²) in [5.41, 5.74) is 1.32. The maximum absolute atomic E-state index is 5.83. The zero-order valence-electron chi connectivity index (χ0n) is 15.3. The standard InChI is InChI=1S/C18H29N5O/c1-14(2)17-10-19-18(24-17)13-21(3)16-6-8-23(12-16)7-5-15-9-20-22(4)11-15/h9-11,14,16H,5-8,12-13H2,1-4H3. The first-order valence-electron chi connectivity index (χ1n) is 8.86. The molecule has 132 valence electrons. The van der Waals surface area contributed by atoms with Gasteiger partial charge in [-0.25, -0.2) is 4.98 Å². The van der Waals surface area contributed by atoms with E-state index in [0.29, 0.717) is 12.0 Å². The van der Waals surface area contributed by atoms with Gasteiger partial charge in [-0.1, -0.05) is 13.8 Å². The number of hydrogen-bond donors (Lipinski definition) is 0. The topological polar surface area (TPSA) is 50.3 Å². The summed E-state index contributed by atoms with van der Waals surface area (Å²) in [7, 11) is 4.15. The minimum atomic E-state index is 0.394. The van der Waals surface area contributed by atoms with Gasteiger partial charge in [0.15, 0.2) is 0 Å². The van der Waals surface area contributed by atoms with E-state index in [-0.39, 0.29) is 0 Å². The number of nitrogens with zero attached hydrogens (tertiary/aromatic N) is 5. The predicted octanol–water partition coefficient (Wildman–Crippen LogP) is 2.28. The predicted molar refractivity (Wildman–Crippen MR) is 93.8 cm³/mol. The summed E-state index contributed by atoms with van der Waals surface area (Å²) < 4.78 is 7.71. The molecule has 6 heteroatoms. The zero-order valence-corrected chi connectivity index (χ0v) is 15.3. The van der Waals surface area contributed by atoms with Crippen molar-refractivity contribution in [2.45, 2.75) is 45.2 Å². The van der Waals surface area contributed by atoms with Crippen LogP contribution in [0, 0.1) is 0 Å². The Balaban J connectivity index is 1.45. The molecule has 1 aliphatic heterocycles. The van der Waals surface area contributed by atoms with Crippen molar-refractivity contribution in [2.24, 2.45) is 7.05 Å². The van der Waals surface area contributed by atoms with E-state index >= 15 is 0 Å². The van der Waals surface area contributed by atoms with E-state index in [2.05, 4.69) is 47.0 Å². The van der Waals surface area contributed by atoms with Gasteiger partial charge in [0.1, 0.15) is 5.76 Å². The Hall–Kier alpha value is -1.66. The molecule has 0 aliphatic carbocycles.